The maximum atomic E-state index is 12.2. The molecule has 0 unspecified atom stereocenters. The van der Waals surface area contributed by atoms with Crippen molar-refractivity contribution in [2.75, 3.05) is 6.61 Å². The van der Waals surface area contributed by atoms with Crippen molar-refractivity contribution >= 4 is 24.2 Å². The highest BCUT2D eigenvalue weighted by Crippen LogP contribution is 2.28. The van der Waals surface area contributed by atoms with E-state index in [4.69, 9.17) is 9.47 Å². The van der Waals surface area contributed by atoms with E-state index in [9.17, 15) is 9.59 Å². The number of hydrogen-bond donors (Lipinski definition) is 1. The molecule has 1 amide bonds. The van der Waals surface area contributed by atoms with Crippen LogP contribution in [0, 0.1) is 0 Å². The van der Waals surface area contributed by atoms with Gasteiger partial charge in [0.2, 0.25) is 5.91 Å². The number of rotatable bonds is 10. The van der Waals surface area contributed by atoms with Crippen molar-refractivity contribution in [3.63, 3.8) is 0 Å². The fraction of sp³-hybridized carbons (Fsp3) is 0.148. The van der Waals surface area contributed by atoms with Crippen molar-refractivity contribution in [2.24, 2.45) is 5.10 Å². The number of benzene rings is 3. The van der Waals surface area contributed by atoms with E-state index in [1.54, 1.807) is 24.3 Å². The molecule has 3 aromatic carbocycles. The third kappa shape index (κ3) is 8.10. The largest absolute Gasteiger partial charge is 0.490 e. The van der Waals surface area contributed by atoms with Crippen molar-refractivity contribution in [1.82, 2.24) is 5.43 Å². The molecule has 3 rings (SSSR count). The van der Waals surface area contributed by atoms with Crippen LogP contribution in [0.1, 0.15) is 30.0 Å². The maximum Gasteiger partial charge on any atom is 0.336 e. The summed E-state index contributed by atoms with van der Waals surface area (Å²) in [7, 11) is 0. The Hall–Kier alpha value is -4.19. The van der Waals surface area contributed by atoms with Gasteiger partial charge in [0.05, 0.1) is 12.8 Å². The van der Waals surface area contributed by atoms with Crippen molar-refractivity contribution in [3.8, 4) is 11.5 Å². The minimum absolute atomic E-state index is 0.170. The van der Waals surface area contributed by atoms with Crippen LogP contribution < -0.4 is 14.9 Å². The Labute approximate surface area is 193 Å². The number of hydrazone groups is 1. The number of esters is 1. The number of carbonyl (C=O) groups excluding carboxylic acids is 2. The van der Waals surface area contributed by atoms with E-state index in [2.05, 4.69) is 10.5 Å². The molecule has 168 valence electrons. The molecule has 0 saturated carbocycles. The Morgan fingerprint density at radius 2 is 1.64 bits per heavy atom. The first-order valence-corrected chi connectivity index (χ1v) is 10.7. The number of hydrogen-bond acceptors (Lipinski definition) is 5. The van der Waals surface area contributed by atoms with Crippen molar-refractivity contribution in [1.29, 1.82) is 0 Å². The molecule has 3 aromatic rings. The second-order valence-electron chi connectivity index (χ2n) is 7.08. The van der Waals surface area contributed by atoms with Gasteiger partial charge in [0.25, 0.3) is 0 Å². The van der Waals surface area contributed by atoms with E-state index in [1.807, 2.05) is 67.6 Å². The summed E-state index contributed by atoms with van der Waals surface area (Å²) in [6.45, 7) is 2.25. The highest BCUT2D eigenvalue weighted by molar-refractivity contribution is 5.89. The topological polar surface area (TPSA) is 77.0 Å². The molecule has 6 nitrogen and oxygen atoms in total. The Kier molecular flexibility index (Phi) is 8.97. The molecular weight excluding hydrogens is 416 g/mol. The third-order valence-corrected chi connectivity index (χ3v) is 4.58. The van der Waals surface area contributed by atoms with Gasteiger partial charge in [0.15, 0.2) is 11.5 Å². The quantitative estimate of drug-likeness (QED) is 0.161. The summed E-state index contributed by atoms with van der Waals surface area (Å²) in [5.41, 5.74) is 5.22. The molecule has 0 radical (unpaired) electrons. The van der Waals surface area contributed by atoms with Crippen LogP contribution in [0.15, 0.2) is 90.0 Å². The lowest BCUT2D eigenvalue weighted by molar-refractivity contribution is -0.129. The zero-order chi connectivity index (χ0) is 23.3. The molecule has 0 aromatic heterocycles. The smallest absolute Gasteiger partial charge is 0.336 e. The van der Waals surface area contributed by atoms with Gasteiger partial charge < -0.3 is 9.47 Å². The van der Waals surface area contributed by atoms with Gasteiger partial charge in [-0.3, -0.25) is 4.79 Å². The minimum Gasteiger partial charge on any atom is -0.490 e. The summed E-state index contributed by atoms with van der Waals surface area (Å²) >= 11 is 0. The van der Waals surface area contributed by atoms with Crippen LogP contribution in [0.5, 0.6) is 11.5 Å². The van der Waals surface area contributed by atoms with E-state index >= 15 is 0 Å². The van der Waals surface area contributed by atoms with Crippen molar-refractivity contribution < 1.29 is 19.1 Å². The van der Waals surface area contributed by atoms with Crippen LogP contribution >= 0.6 is 0 Å². The van der Waals surface area contributed by atoms with Gasteiger partial charge in [0, 0.05) is 12.5 Å². The van der Waals surface area contributed by atoms with Crippen LogP contribution in [0.3, 0.4) is 0 Å². The molecule has 0 atom stereocenters. The van der Waals surface area contributed by atoms with Gasteiger partial charge in [-0.2, -0.15) is 5.10 Å². The number of carbonyl (C=O) groups is 2. The third-order valence-electron chi connectivity index (χ3n) is 4.58. The molecule has 1 N–H and O–H groups in total. The Balaban J connectivity index is 1.56. The number of nitrogens with zero attached hydrogens (tertiary/aromatic N) is 1. The predicted molar refractivity (Wildman–Crippen MR) is 129 cm³/mol. The molecule has 0 aliphatic heterocycles. The monoisotopic (exact) mass is 442 g/mol. The zero-order valence-corrected chi connectivity index (χ0v) is 18.4. The lowest BCUT2D eigenvalue weighted by Crippen LogP contribution is -2.17. The molecule has 0 spiro atoms. The lowest BCUT2D eigenvalue weighted by atomic mass is 10.1. The molecular formula is C27H26N2O4. The molecule has 0 aliphatic rings. The second kappa shape index (κ2) is 12.6. The molecule has 0 bridgehead atoms. The molecule has 0 heterocycles. The van der Waals surface area contributed by atoms with Gasteiger partial charge in [-0.25, -0.2) is 10.2 Å². The van der Waals surface area contributed by atoms with Crippen LogP contribution in [0.2, 0.25) is 0 Å². The summed E-state index contributed by atoms with van der Waals surface area (Å²) in [4.78, 5) is 24.2. The van der Waals surface area contributed by atoms with E-state index < -0.39 is 5.97 Å². The van der Waals surface area contributed by atoms with Gasteiger partial charge in [0.1, 0.15) is 0 Å². The number of ether oxygens (including phenoxy) is 2. The molecule has 0 saturated heterocycles. The number of amides is 1. The van der Waals surface area contributed by atoms with E-state index in [0.29, 0.717) is 36.5 Å². The zero-order valence-electron chi connectivity index (χ0n) is 18.4. The van der Waals surface area contributed by atoms with E-state index in [-0.39, 0.29) is 5.91 Å². The van der Waals surface area contributed by atoms with Gasteiger partial charge >= 0.3 is 5.97 Å². The summed E-state index contributed by atoms with van der Waals surface area (Å²) in [6, 6.07) is 24.3. The predicted octanol–water partition coefficient (Wildman–Crippen LogP) is 4.79. The summed E-state index contributed by atoms with van der Waals surface area (Å²) in [5.74, 6) is 0.0460. The van der Waals surface area contributed by atoms with Crippen LogP contribution in [-0.4, -0.2) is 24.7 Å². The van der Waals surface area contributed by atoms with Gasteiger partial charge in [-0.1, -0.05) is 60.7 Å². The van der Waals surface area contributed by atoms with Crippen molar-refractivity contribution in [3.05, 3.63) is 102 Å². The van der Waals surface area contributed by atoms with Gasteiger partial charge in [-0.05, 0) is 54.3 Å². The fourth-order valence-corrected chi connectivity index (χ4v) is 2.97. The summed E-state index contributed by atoms with van der Waals surface area (Å²) < 4.78 is 11.0. The Bertz CT molecular complexity index is 1110. The highest BCUT2D eigenvalue weighted by Gasteiger charge is 2.09. The Morgan fingerprint density at radius 1 is 0.909 bits per heavy atom. The standard InChI is InChI=1S/C27H26N2O4/c1-2-32-25-19-23(20-28-29-26(30)17-14-21-9-5-3-6-10-21)13-16-24(25)33-27(31)18-15-22-11-7-4-8-12-22/h3-13,15-16,18-20H,2,14,17H2,1H3,(H,29,30)/b18-15+,28-20+. The second-order valence-corrected chi connectivity index (χ2v) is 7.08. The Morgan fingerprint density at radius 3 is 2.36 bits per heavy atom. The highest BCUT2D eigenvalue weighted by atomic mass is 16.6. The molecule has 6 heteroatoms. The first-order chi connectivity index (χ1) is 16.1. The normalized spacial score (nSPS) is 10.9. The molecule has 0 fully saturated rings. The van der Waals surface area contributed by atoms with E-state index in [0.717, 1.165) is 11.1 Å². The average Bonchev–Trinajstić information content (AvgIpc) is 2.84. The molecule has 0 aliphatic carbocycles. The number of aryl methyl sites for hydroxylation is 1. The van der Waals surface area contributed by atoms with Gasteiger partial charge in [-0.15, -0.1) is 0 Å². The minimum atomic E-state index is -0.507. The lowest BCUT2D eigenvalue weighted by Gasteiger charge is -2.10. The first-order valence-electron chi connectivity index (χ1n) is 10.7. The summed E-state index contributed by atoms with van der Waals surface area (Å²) in [5, 5.41) is 4.01. The van der Waals surface area contributed by atoms with Crippen LogP contribution in [-0.2, 0) is 16.0 Å². The SMILES string of the molecule is CCOc1cc(/C=N/NC(=O)CCc2ccccc2)ccc1OC(=O)/C=C/c1ccccc1. The number of nitrogens with one attached hydrogen (secondary N) is 1. The molecule has 33 heavy (non-hydrogen) atoms. The van der Waals surface area contributed by atoms with E-state index in [1.165, 1.54) is 12.3 Å². The first kappa shape index (κ1) is 23.5. The average molecular weight is 443 g/mol. The van der Waals surface area contributed by atoms with Crippen LogP contribution in [0.4, 0.5) is 0 Å². The maximum absolute atomic E-state index is 12.2. The summed E-state index contributed by atoms with van der Waals surface area (Å²) in [6.07, 6.45) is 5.56. The van der Waals surface area contributed by atoms with Crippen molar-refractivity contribution in [2.45, 2.75) is 19.8 Å². The fourth-order valence-electron chi connectivity index (χ4n) is 2.97. The van der Waals surface area contributed by atoms with Crippen LogP contribution in [0.25, 0.3) is 6.08 Å².